The summed E-state index contributed by atoms with van der Waals surface area (Å²) in [5.41, 5.74) is -0.139. The van der Waals surface area contributed by atoms with Gasteiger partial charge in [0, 0.05) is 11.1 Å². The van der Waals surface area contributed by atoms with Gasteiger partial charge in [0.05, 0.1) is 11.6 Å². The number of nitrogens with zero attached hydrogens (tertiary/aromatic N) is 1. The van der Waals surface area contributed by atoms with Crippen LogP contribution in [0.4, 0.5) is 4.39 Å². The number of benzene rings is 2. The average molecular weight is 355 g/mol. The third-order valence-electron chi connectivity index (χ3n) is 4.09. The number of hydrogen-bond donors (Lipinski definition) is 2. The van der Waals surface area contributed by atoms with E-state index in [0.717, 1.165) is 11.0 Å². The first-order valence-electron chi connectivity index (χ1n) is 7.72. The van der Waals surface area contributed by atoms with Gasteiger partial charge in [-0.2, -0.15) is 0 Å². The summed E-state index contributed by atoms with van der Waals surface area (Å²) in [4.78, 5) is 36.7. The largest absolute Gasteiger partial charge is 0.507 e. The van der Waals surface area contributed by atoms with Gasteiger partial charge in [-0.15, -0.1) is 0 Å². The molecule has 3 rings (SSSR count). The number of hydrogen-bond acceptors (Lipinski definition) is 4. The number of aliphatic carboxylic acids is 1. The van der Waals surface area contributed by atoms with Gasteiger partial charge in [0.2, 0.25) is 0 Å². The molecular formula is C19H14FNO5. The summed E-state index contributed by atoms with van der Waals surface area (Å²) < 4.78 is 14.3. The molecule has 1 aliphatic heterocycles. The standard InChI is InChI=1S/C19H14FNO5/c20-13-9-5-4-8-12(13)16-15(17(24)11-6-2-1-3-7-11)18(25)19(26)21(16)10-14(22)23/h1-9,16,24H,10H2,(H,22,23)/t16-/m1/s1. The maximum absolute atomic E-state index is 14.3. The molecule has 0 saturated carbocycles. The molecule has 0 aliphatic carbocycles. The molecule has 6 nitrogen and oxygen atoms in total. The molecule has 7 heteroatoms. The number of aliphatic hydroxyl groups excluding tert-OH is 1. The Hall–Kier alpha value is -3.48. The first-order chi connectivity index (χ1) is 12.4. The number of halogens is 1. The van der Waals surface area contributed by atoms with E-state index in [0.29, 0.717) is 0 Å². The maximum Gasteiger partial charge on any atom is 0.323 e. The van der Waals surface area contributed by atoms with Gasteiger partial charge in [0.25, 0.3) is 11.7 Å². The lowest BCUT2D eigenvalue weighted by Gasteiger charge is -2.24. The second-order valence-electron chi connectivity index (χ2n) is 5.71. The van der Waals surface area contributed by atoms with Gasteiger partial charge in [-0.1, -0.05) is 48.5 Å². The SMILES string of the molecule is O=C(O)CN1C(=O)C(=O)C(=C(O)c2ccccc2)[C@H]1c1ccccc1F. The second-order valence-corrected chi connectivity index (χ2v) is 5.71. The van der Waals surface area contributed by atoms with Gasteiger partial charge in [0.1, 0.15) is 18.1 Å². The van der Waals surface area contributed by atoms with Crippen LogP contribution in [0, 0.1) is 5.82 Å². The molecule has 0 radical (unpaired) electrons. The normalized spacial score (nSPS) is 19.0. The molecule has 1 aliphatic rings. The molecule has 1 saturated heterocycles. The van der Waals surface area contributed by atoms with Crippen molar-refractivity contribution in [1.82, 2.24) is 4.90 Å². The molecule has 2 N–H and O–H groups in total. The highest BCUT2D eigenvalue weighted by Gasteiger charge is 2.47. The van der Waals surface area contributed by atoms with Crippen LogP contribution >= 0.6 is 0 Å². The summed E-state index contributed by atoms with van der Waals surface area (Å²) in [6.45, 7) is -0.796. The maximum atomic E-state index is 14.3. The van der Waals surface area contributed by atoms with Crippen molar-refractivity contribution in [2.24, 2.45) is 0 Å². The van der Waals surface area contributed by atoms with E-state index in [1.807, 2.05) is 0 Å². The van der Waals surface area contributed by atoms with Crippen LogP contribution in [-0.2, 0) is 14.4 Å². The van der Waals surface area contributed by atoms with E-state index in [9.17, 15) is 23.9 Å². The van der Waals surface area contributed by atoms with Crippen molar-refractivity contribution in [3.05, 3.63) is 77.1 Å². The third kappa shape index (κ3) is 2.95. The minimum Gasteiger partial charge on any atom is -0.507 e. The Labute approximate surface area is 147 Å². The van der Waals surface area contributed by atoms with E-state index in [2.05, 4.69) is 0 Å². The van der Waals surface area contributed by atoms with Gasteiger partial charge in [0.15, 0.2) is 0 Å². The lowest BCUT2D eigenvalue weighted by Crippen LogP contribution is -2.34. The monoisotopic (exact) mass is 355 g/mol. The van der Waals surface area contributed by atoms with Crippen LogP contribution in [0.1, 0.15) is 17.2 Å². The Kier molecular flexibility index (Phi) is 4.53. The van der Waals surface area contributed by atoms with E-state index < -0.39 is 41.8 Å². The van der Waals surface area contributed by atoms with Crippen molar-refractivity contribution in [2.45, 2.75) is 6.04 Å². The summed E-state index contributed by atoms with van der Waals surface area (Å²) in [7, 11) is 0. The van der Waals surface area contributed by atoms with Crippen LogP contribution < -0.4 is 0 Å². The van der Waals surface area contributed by atoms with Gasteiger partial charge in [-0.3, -0.25) is 14.4 Å². The zero-order valence-corrected chi connectivity index (χ0v) is 13.4. The van der Waals surface area contributed by atoms with Crippen molar-refractivity contribution in [3.8, 4) is 0 Å². The number of carboxylic acid groups (broad SMARTS) is 1. The van der Waals surface area contributed by atoms with Crippen LogP contribution in [0.25, 0.3) is 5.76 Å². The predicted molar refractivity (Wildman–Crippen MR) is 89.5 cm³/mol. The average Bonchev–Trinajstić information content (AvgIpc) is 2.87. The number of aliphatic hydroxyl groups is 1. The van der Waals surface area contributed by atoms with Crippen LogP contribution in [0.15, 0.2) is 60.2 Å². The third-order valence-corrected chi connectivity index (χ3v) is 4.09. The van der Waals surface area contributed by atoms with Crippen molar-refractivity contribution in [2.75, 3.05) is 6.54 Å². The number of rotatable bonds is 4. The van der Waals surface area contributed by atoms with Gasteiger partial charge >= 0.3 is 5.97 Å². The fraction of sp³-hybridized carbons (Fsp3) is 0.105. The van der Waals surface area contributed by atoms with Crippen molar-refractivity contribution in [3.63, 3.8) is 0 Å². The molecule has 26 heavy (non-hydrogen) atoms. The number of carbonyl (C=O) groups is 3. The highest BCUT2D eigenvalue weighted by molar-refractivity contribution is 6.46. The quantitative estimate of drug-likeness (QED) is 0.499. The summed E-state index contributed by atoms with van der Waals surface area (Å²) in [6.07, 6.45) is 0. The molecule has 132 valence electrons. The molecule has 1 fully saturated rings. The summed E-state index contributed by atoms with van der Waals surface area (Å²) in [6, 6.07) is 12.1. The van der Waals surface area contributed by atoms with Gasteiger partial charge < -0.3 is 15.1 Å². The molecule has 1 heterocycles. The summed E-state index contributed by atoms with van der Waals surface area (Å²) in [5.74, 6) is -4.70. The Morgan fingerprint density at radius 2 is 1.62 bits per heavy atom. The van der Waals surface area contributed by atoms with E-state index >= 15 is 0 Å². The molecule has 1 amide bonds. The Morgan fingerprint density at radius 3 is 2.23 bits per heavy atom. The number of likely N-dealkylation sites (tertiary alicyclic amines) is 1. The predicted octanol–water partition coefficient (Wildman–Crippen LogP) is 2.33. The van der Waals surface area contributed by atoms with E-state index in [-0.39, 0.29) is 16.7 Å². The fourth-order valence-corrected chi connectivity index (χ4v) is 2.96. The zero-order valence-electron chi connectivity index (χ0n) is 13.4. The van der Waals surface area contributed by atoms with Crippen molar-refractivity contribution < 1.29 is 29.0 Å². The topological polar surface area (TPSA) is 94.9 Å². The minimum atomic E-state index is -1.35. The molecule has 0 aromatic heterocycles. The van der Waals surface area contributed by atoms with E-state index in [1.54, 1.807) is 18.2 Å². The molecular weight excluding hydrogens is 341 g/mol. The lowest BCUT2D eigenvalue weighted by atomic mass is 9.95. The van der Waals surface area contributed by atoms with E-state index in [1.165, 1.54) is 30.3 Å². The minimum absolute atomic E-state index is 0.0644. The number of Topliss-reactive ketones (excluding diaryl/α,β-unsaturated/α-hetero) is 1. The highest BCUT2D eigenvalue weighted by Crippen LogP contribution is 2.39. The zero-order chi connectivity index (χ0) is 18.8. The fourth-order valence-electron chi connectivity index (χ4n) is 2.96. The van der Waals surface area contributed by atoms with Crippen LogP contribution in [-0.4, -0.2) is 39.3 Å². The summed E-state index contributed by atoms with van der Waals surface area (Å²) >= 11 is 0. The second kappa shape index (κ2) is 6.79. The number of ketones is 1. The molecule has 1 atom stereocenters. The molecule has 2 aromatic rings. The first-order valence-corrected chi connectivity index (χ1v) is 7.72. The smallest absolute Gasteiger partial charge is 0.323 e. The Balaban J connectivity index is 2.24. The van der Waals surface area contributed by atoms with Crippen LogP contribution in [0.5, 0.6) is 0 Å². The lowest BCUT2D eigenvalue weighted by molar-refractivity contribution is -0.146. The Bertz CT molecular complexity index is 923. The van der Waals surface area contributed by atoms with Gasteiger partial charge in [-0.25, -0.2) is 4.39 Å². The van der Waals surface area contributed by atoms with Gasteiger partial charge in [-0.05, 0) is 6.07 Å². The van der Waals surface area contributed by atoms with Crippen molar-refractivity contribution >= 4 is 23.4 Å². The number of carbonyl (C=O) groups excluding carboxylic acids is 2. The van der Waals surface area contributed by atoms with E-state index in [4.69, 9.17) is 5.11 Å². The van der Waals surface area contributed by atoms with Crippen LogP contribution in [0.3, 0.4) is 0 Å². The molecule has 0 spiro atoms. The Morgan fingerprint density at radius 1 is 1.00 bits per heavy atom. The summed E-state index contributed by atoms with van der Waals surface area (Å²) in [5, 5.41) is 19.7. The molecule has 0 bridgehead atoms. The first kappa shape index (κ1) is 17.3. The van der Waals surface area contributed by atoms with Crippen LogP contribution in [0.2, 0.25) is 0 Å². The number of carboxylic acids is 1. The highest BCUT2D eigenvalue weighted by atomic mass is 19.1. The van der Waals surface area contributed by atoms with Crippen molar-refractivity contribution in [1.29, 1.82) is 0 Å². The molecule has 2 aromatic carbocycles. The molecule has 0 unspecified atom stereocenters. The number of amides is 1.